The predicted octanol–water partition coefficient (Wildman–Crippen LogP) is 4.85. The van der Waals surface area contributed by atoms with Crippen LogP contribution < -0.4 is 0 Å². The van der Waals surface area contributed by atoms with Crippen molar-refractivity contribution in [3.05, 3.63) is 0 Å². The fourth-order valence-electron chi connectivity index (χ4n) is 0.421. The number of hydrogen-bond donors (Lipinski definition) is 2. The molecule has 0 radical (unpaired) electrons. The summed E-state index contributed by atoms with van der Waals surface area (Å²) in [7, 11) is 1.38. The molecule has 2 N–H and O–H groups in total. The Labute approximate surface area is 163 Å². The molecule has 0 unspecified atom stereocenters. The van der Waals surface area contributed by atoms with Gasteiger partial charge in [0.15, 0.2) is 11.1 Å². The molecule has 0 saturated carbocycles. The largest absolute Gasteiger partial charge is 0.524 e. The van der Waals surface area contributed by atoms with Crippen molar-refractivity contribution in [2.75, 3.05) is 20.7 Å². The van der Waals surface area contributed by atoms with E-state index >= 15 is 0 Å². The molecule has 0 spiro atoms. The molecule has 154 valence electrons. The van der Waals surface area contributed by atoms with Crippen molar-refractivity contribution >= 4 is 62.6 Å². The molecule has 0 rings (SSSR count). The summed E-state index contributed by atoms with van der Waals surface area (Å²) in [4.78, 5) is 31.8. The standard InChI is InChI=1S/C7H10O9S2.3CH4.H2O2S2/c1-5(8)12-3-13-6(9)14-4-15-7(10)16-18-17-11-2;;;;1-3-4-2/h3-4H2,1-2H3;3*1H4;1-2H. The summed E-state index contributed by atoms with van der Waals surface area (Å²) in [5.74, 6) is -0.615. The van der Waals surface area contributed by atoms with Crippen LogP contribution in [-0.2, 0) is 32.1 Å². The minimum atomic E-state index is -1.16. The predicted molar refractivity (Wildman–Crippen MR) is 99.5 cm³/mol. The third-order valence-corrected chi connectivity index (χ3v) is 2.47. The minimum Gasteiger partial charge on any atom is -0.428 e. The summed E-state index contributed by atoms with van der Waals surface area (Å²) in [6, 6.07) is 0. The average Bonchev–Trinajstić information content (AvgIpc) is 2.47. The van der Waals surface area contributed by atoms with Crippen LogP contribution in [0.5, 0.6) is 0 Å². The van der Waals surface area contributed by atoms with Crippen LogP contribution in [0.15, 0.2) is 0 Å². The maximum absolute atomic E-state index is 10.8. The lowest BCUT2D eigenvalue weighted by Crippen LogP contribution is -2.15. The fourth-order valence-corrected chi connectivity index (χ4v) is 1.03. The van der Waals surface area contributed by atoms with Gasteiger partial charge in [-0.1, -0.05) is 22.3 Å². The highest BCUT2D eigenvalue weighted by Gasteiger charge is 2.09. The van der Waals surface area contributed by atoms with Crippen molar-refractivity contribution in [3.63, 3.8) is 0 Å². The number of esters is 1. The van der Waals surface area contributed by atoms with E-state index in [9.17, 15) is 14.4 Å². The molecular formula is C10H24O11S4. The van der Waals surface area contributed by atoms with Gasteiger partial charge in [-0.3, -0.25) is 4.79 Å². The van der Waals surface area contributed by atoms with Crippen LogP contribution in [0, 0.1) is 0 Å². The Morgan fingerprint density at radius 2 is 1.24 bits per heavy atom. The topological polar surface area (TPSA) is 147 Å². The number of carbonyl (C=O) groups is 3. The van der Waals surface area contributed by atoms with Crippen LogP contribution in [0.1, 0.15) is 29.2 Å². The van der Waals surface area contributed by atoms with Crippen molar-refractivity contribution in [2.45, 2.75) is 29.2 Å². The van der Waals surface area contributed by atoms with Crippen LogP contribution in [0.2, 0.25) is 0 Å². The molecule has 25 heavy (non-hydrogen) atoms. The summed E-state index contributed by atoms with van der Waals surface area (Å²) in [6.07, 6.45) is -2.24. The van der Waals surface area contributed by atoms with E-state index in [1.54, 1.807) is 0 Å². The third-order valence-electron chi connectivity index (χ3n) is 1.02. The second kappa shape index (κ2) is 28.1. The first-order valence-corrected chi connectivity index (χ1v) is 8.79. The minimum absolute atomic E-state index is 0. The van der Waals surface area contributed by atoms with Gasteiger partial charge < -0.3 is 36.4 Å². The first kappa shape index (κ1) is 35.4. The van der Waals surface area contributed by atoms with Crippen LogP contribution >= 0.6 is 44.3 Å². The molecule has 0 aliphatic carbocycles. The number of hydrogen-bond acceptors (Lipinski definition) is 15. The first-order chi connectivity index (χ1) is 10.5. The Hall–Kier alpha value is -0.710. The zero-order valence-corrected chi connectivity index (χ0v) is 14.4. The molecule has 0 aromatic carbocycles. The summed E-state index contributed by atoms with van der Waals surface area (Å²) in [5.41, 5.74) is 0. The smallest absolute Gasteiger partial charge is 0.428 e. The summed E-state index contributed by atoms with van der Waals surface area (Å²) in [5, 5.41) is 0. The van der Waals surface area contributed by atoms with Crippen LogP contribution in [0.4, 0.5) is 9.59 Å². The van der Waals surface area contributed by atoms with E-state index in [-0.39, 0.29) is 22.3 Å². The highest BCUT2D eigenvalue weighted by molar-refractivity contribution is 8.73. The molecule has 0 aliphatic rings. The van der Waals surface area contributed by atoms with E-state index in [4.69, 9.17) is 9.11 Å². The lowest BCUT2D eigenvalue weighted by atomic mass is 10.8. The molecule has 0 aliphatic heterocycles. The van der Waals surface area contributed by atoms with Crippen LogP contribution in [0.3, 0.4) is 0 Å². The molecule has 0 bridgehead atoms. The van der Waals surface area contributed by atoms with Gasteiger partial charge in [-0.2, -0.15) is 0 Å². The summed E-state index contributed by atoms with van der Waals surface area (Å²) in [6.45, 7) is -0.140. The Morgan fingerprint density at radius 1 is 0.800 bits per heavy atom. The molecule has 0 amide bonds. The quantitative estimate of drug-likeness (QED) is 0.171. The molecule has 0 atom stereocenters. The molecule has 0 aromatic rings. The zero-order valence-electron chi connectivity index (χ0n) is 11.1. The average molecular weight is 449 g/mol. The van der Waals surface area contributed by atoms with Crippen molar-refractivity contribution in [2.24, 2.45) is 0 Å². The highest BCUT2D eigenvalue weighted by Crippen LogP contribution is 2.22. The van der Waals surface area contributed by atoms with E-state index in [2.05, 4.69) is 27.3 Å². The van der Waals surface area contributed by atoms with Crippen molar-refractivity contribution in [1.29, 1.82) is 0 Å². The summed E-state index contributed by atoms with van der Waals surface area (Å²) >= 11 is 2.09. The van der Waals surface area contributed by atoms with Gasteiger partial charge in [-0.25, -0.2) is 9.59 Å². The number of rotatable bonds is 8. The molecular weight excluding hydrogens is 424 g/mol. The van der Waals surface area contributed by atoms with E-state index < -0.39 is 31.9 Å². The van der Waals surface area contributed by atoms with E-state index in [0.717, 1.165) is 18.0 Å². The monoisotopic (exact) mass is 448 g/mol. The molecule has 0 saturated heterocycles. The van der Waals surface area contributed by atoms with Crippen LogP contribution in [-0.4, -0.2) is 48.1 Å². The Kier molecular flexibility index (Phi) is 39.8. The molecule has 11 nitrogen and oxygen atoms in total. The molecule has 0 heterocycles. The SMILES string of the molecule is C.C.C.COSSOC(=O)OCOC(=O)OCOC(C)=O.OSSO. The Morgan fingerprint density at radius 3 is 1.64 bits per heavy atom. The van der Waals surface area contributed by atoms with E-state index in [1.807, 2.05) is 0 Å². The second-order valence-corrected chi connectivity index (χ2v) is 5.12. The third kappa shape index (κ3) is 35.3. The zero-order chi connectivity index (χ0) is 17.2. The first-order valence-electron chi connectivity index (χ1n) is 4.73. The van der Waals surface area contributed by atoms with Crippen LogP contribution in [0.25, 0.3) is 0 Å². The lowest BCUT2D eigenvalue weighted by molar-refractivity contribution is -0.151. The Balaban J connectivity index is -0.000000171. The van der Waals surface area contributed by atoms with Gasteiger partial charge >= 0.3 is 18.3 Å². The van der Waals surface area contributed by atoms with Gasteiger partial charge in [0.05, 0.1) is 29.3 Å². The summed E-state index contributed by atoms with van der Waals surface area (Å²) < 4.78 is 41.0. The molecule has 0 aromatic heterocycles. The maximum Gasteiger partial charge on any atom is 0.524 e. The van der Waals surface area contributed by atoms with Gasteiger partial charge in [0.2, 0.25) is 13.6 Å². The van der Waals surface area contributed by atoms with E-state index in [1.165, 1.54) is 7.11 Å². The van der Waals surface area contributed by atoms with Gasteiger partial charge in [0.1, 0.15) is 11.1 Å². The second-order valence-electron chi connectivity index (χ2n) is 2.34. The number of ether oxygens (including phenoxy) is 4. The molecule has 15 heteroatoms. The lowest BCUT2D eigenvalue weighted by Gasteiger charge is -2.06. The van der Waals surface area contributed by atoms with Gasteiger partial charge in [-0.15, -0.1) is 0 Å². The fraction of sp³-hybridized carbons (Fsp3) is 0.700. The maximum atomic E-state index is 10.8. The molecule has 0 fully saturated rings. The highest BCUT2D eigenvalue weighted by atomic mass is 33.1. The van der Waals surface area contributed by atoms with Crippen molar-refractivity contribution in [1.82, 2.24) is 0 Å². The normalized spacial score (nSPS) is 7.84. The van der Waals surface area contributed by atoms with E-state index in [0.29, 0.717) is 33.2 Å². The van der Waals surface area contributed by atoms with Crippen molar-refractivity contribution in [3.8, 4) is 0 Å². The number of carbonyl (C=O) groups excluding carboxylic acids is 3. The van der Waals surface area contributed by atoms with Gasteiger partial charge in [0.25, 0.3) is 0 Å². The Bertz CT molecular complexity index is 317. The van der Waals surface area contributed by atoms with Gasteiger partial charge in [-0.05, 0) is 0 Å². The van der Waals surface area contributed by atoms with Gasteiger partial charge in [0, 0.05) is 6.92 Å². The van der Waals surface area contributed by atoms with Crippen molar-refractivity contribution < 1.29 is 50.8 Å².